The normalized spacial score (nSPS) is 20.1. The van der Waals surface area contributed by atoms with Gasteiger partial charge in [0.25, 0.3) is 0 Å². The summed E-state index contributed by atoms with van der Waals surface area (Å²) >= 11 is 0. The molecule has 1 aliphatic rings. The van der Waals surface area contributed by atoms with Crippen LogP contribution < -0.4 is 10.6 Å². The van der Waals surface area contributed by atoms with Gasteiger partial charge in [-0.15, -0.1) is 0 Å². The molecule has 2 rings (SSSR count). The van der Waals surface area contributed by atoms with Crippen molar-refractivity contribution in [3.8, 4) is 0 Å². The van der Waals surface area contributed by atoms with Gasteiger partial charge in [-0.2, -0.15) is 0 Å². The van der Waals surface area contributed by atoms with Gasteiger partial charge in [-0.3, -0.25) is 0 Å². The number of carbonyl (C=O) groups excluding carboxylic acids is 1. The first kappa shape index (κ1) is 15.4. The molecule has 1 atom stereocenters. The minimum absolute atomic E-state index is 0.0803. The molecule has 0 saturated carbocycles. The Balaban J connectivity index is 1.89. The number of carbonyl (C=O) groups is 2. The van der Waals surface area contributed by atoms with Crippen molar-refractivity contribution in [1.82, 2.24) is 10.3 Å². The van der Waals surface area contributed by atoms with Crippen molar-refractivity contribution in [3.05, 3.63) is 17.5 Å². The number of rotatable bonds is 4. The minimum atomic E-state index is -2.97. The first-order chi connectivity index (χ1) is 9.77. The Labute approximate surface area is 121 Å². The van der Waals surface area contributed by atoms with Crippen LogP contribution in [0.1, 0.15) is 22.6 Å². The van der Waals surface area contributed by atoms with Crippen LogP contribution in [0.3, 0.4) is 0 Å². The summed E-state index contributed by atoms with van der Waals surface area (Å²) in [6.07, 6.45) is 0.534. The minimum Gasteiger partial charge on any atom is -0.477 e. The monoisotopic (exact) mass is 315 g/mol. The predicted octanol–water partition coefficient (Wildman–Crippen LogP) is 0.578. The SMILES string of the molecule is Cc1cc(NC(=O)NCC2CCS(=O)(=O)C2)c(C(=O)O)[nH]1. The van der Waals surface area contributed by atoms with E-state index in [1.807, 2.05) is 0 Å². The molecule has 8 nitrogen and oxygen atoms in total. The Morgan fingerprint density at radius 1 is 1.48 bits per heavy atom. The van der Waals surface area contributed by atoms with Crippen LogP contribution in [0.2, 0.25) is 0 Å². The zero-order valence-electron chi connectivity index (χ0n) is 11.5. The molecule has 0 bridgehead atoms. The van der Waals surface area contributed by atoms with Crippen LogP contribution in [0.25, 0.3) is 0 Å². The molecule has 21 heavy (non-hydrogen) atoms. The lowest BCUT2D eigenvalue weighted by Crippen LogP contribution is -2.33. The number of carboxylic acids is 1. The molecule has 116 valence electrons. The summed E-state index contributed by atoms with van der Waals surface area (Å²) in [7, 11) is -2.97. The first-order valence-corrected chi connectivity index (χ1v) is 8.27. The lowest BCUT2D eigenvalue weighted by atomic mass is 10.1. The number of aromatic amines is 1. The number of aryl methyl sites for hydroxylation is 1. The third kappa shape index (κ3) is 3.97. The molecule has 0 aliphatic carbocycles. The fourth-order valence-electron chi connectivity index (χ4n) is 2.29. The van der Waals surface area contributed by atoms with Crippen molar-refractivity contribution < 1.29 is 23.1 Å². The molecule has 1 saturated heterocycles. The second-order valence-corrected chi connectivity index (χ2v) is 7.38. The van der Waals surface area contributed by atoms with Crippen molar-refractivity contribution in [2.45, 2.75) is 13.3 Å². The van der Waals surface area contributed by atoms with Gasteiger partial charge in [0.2, 0.25) is 0 Å². The van der Waals surface area contributed by atoms with E-state index >= 15 is 0 Å². The second-order valence-electron chi connectivity index (χ2n) is 5.15. The Kier molecular flexibility index (Phi) is 4.21. The van der Waals surface area contributed by atoms with Crippen LogP contribution in [0.15, 0.2) is 6.07 Å². The maximum Gasteiger partial charge on any atom is 0.354 e. The first-order valence-electron chi connectivity index (χ1n) is 6.45. The third-order valence-electron chi connectivity index (χ3n) is 3.29. The molecule has 1 aromatic rings. The van der Waals surface area contributed by atoms with Crippen molar-refractivity contribution in [2.24, 2.45) is 5.92 Å². The maximum absolute atomic E-state index is 11.7. The summed E-state index contributed by atoms with van der Waals surface area (Å²) in [5.41, 5.74) is 0.701. The fraction of sp³-hybridized carbons (Fsp3) is 0.500. The number of amides is 2. The zero-order valence-corrected chi connectivity index (χ0v) is 12.3. The van der Waals surface area contributed by atoms with E-state index in [0.717, 1.165) is 0 Å². The molecule has 2 heterocycles. The van der Waals surface area contributed by atoms with Crippen LogP contribution in [0.5, 0.6) is 0 Å². The Bertz CT molecular complexity index is 664. The topological polar surface area (TPSA) is 128 Å². The average Bonchev–Trinajstić information content (AvgIpc) is 2.89. The van der Waals surface area contributed by atoms with E-state index in [-0.39, 0.29) is 35.3 Å². The molecule has 1 aliphatic heterocycles. The van der Waals surface area contributed by atoms with Crippen LogP contribution in [0, 0.1) is 12.8 Å². The molecule has 0 radical (unpaired) electrons. The molecule has 2 amide bonds. The molecule has 4 N–H and O–H groups in total. The number of aromatic nitrogens is 1. The molecule has 0 spiro atoms. The number of nitrogens with one attached hydrogen (secondary N) is 3. The summed E-state index contributed by atoms with van der Waals surface area (Å²) in [5.74, 6) is -1.02. The largest absolute Gasteiger partial charge is 0.477 e. The summed E-state index contributed by atoms with van der Waals surface area (Å²) < 4.78 is 22.6. The molecule has 1 unspecified atom stereocenters. The van der Waals surface area contributed by atoms with Crippen molar-refractivity contribution in [1.29, 1.82) is 0 Å². The van der Waals surface area contributed by atoms with Gasteiger partial charge in [0, 0.05) is 12.2 Å². The quantitative estimate of drug-likeness (QED) is 0.646. The van der Waals surface area contributed by atoms with E-state index in [9.17, 15) is 18.0 Å². The highest BCUT2D eigenvalue weighted by molar-refractivity contribution is 7.91. The number of H-pyrrole nitrogens is 1. The second kappa shape index (κ2) is 5.76. The maximum atomic E-state index is 11.7. The van der Waals surface area contributed by atoms with Gasteiger partial charge < -0.3 is 20.7 Å². The van der Waals surface area contributed by atoms with E-state index in [4.69, 9.17) is 5.11 Å². The predicted molar refractivity (Wildman–Crippen MR) is 76.3 cm³/mol. The summed E-state index contributed by atoms with van der Waals surface area (Å²) in [6, 6.07) is 0.962. The van der Waals surface area contributed by atoms with E-state index in [2.05, 4.69) is 15.6 Å². The number of urea groups is 1. The van der Waals surface area contributed by atoms with E-state index in [0.29, 0.717) is 12.1 Å². The van der Waals surface area contributed by atoms with Crippen LogP contribution in [-0.2, 0) is 9.84 Å². The lowest BCUT2D eigenvalue weighted by molar-refractivity contribution is 0.0692. The molecule has 1 fully saturated rings. The Morgan fingerprint density at radius 3 is 2.76 bits per heavy atom. The zero-order chi connectivity index (χ0) is 15.6. The van der Waals surface area contributed by atoms with Crippen LogP contribution in [-0.4, -0.2) is 48.6 Å². The highest BCUT2D eigenvalue weighted by atomic mass is 32.2. The Morgan fingerprint density at radius 2 is 2.19 bits per heavy atom. The van der Waals surface area contributed by atoms with E-state index < -0.39 is 21.8 Å². The fourth-order valence-corrected chi connectivity index (χ4v) is 4.15. The average molecular weight is 315 g/mol. The Hall–Kier alpha value is -2.03. The summed E-state index contributed by atoms with van der Waals surface area (Å²) in [6.45, 7) is 1.93. The standard InChI is InChI=1S/C12H17N3O5S/c1-7-4-9(10(14-7)11(16)17)15-12(18)13-5-8-2-3-21(19,20)6-8/h4,8,14H,2-3,5-6H2,1H3,(H,16,17)(H2,13,15,18). The molecular formula is C12H17N3O5S. The smallest absolute Gasteiger partial charge is 0.354 e. The summed E-state index contributed by atoms with van der Waals surface area (Å²) in [4.78, 5) is 25.4. The van der Waals surface area contributed by atoms with Gasteiger partial charge in [-0.05, 0) is 25.3 Å². The molecular weight excluding hydrogens is 298 g/mol. The van der Waals surface area contributed by atoms with Crippen molar-refractivity contribution in [2.75, 3.05) is 23.4 Å². The highest BCUT2D eigenvalue weighted by Gasteiger charge is 2.28. The molecule has 0 aromatic carbocycles. The molecule has 9 heteroatoms. The number of anilines is 1. The number of carboxylic acid groups (broad SMARTS) is 1. The van der Waals surface area contributed by atoms with E-state index in [1.165, 1.54) is 6.07 Å². The van der Waals surface area contributed by atoms with Crippen LogP contribution in [0.4, 0.5) is 10.5 Å². The van der Waals surface area contributed by atoms with Gasteiger partial charge in [0.15, 0.2) is 9.84 Å². The van der Waals surface area contributed by atoms with Crippen molar-refractivity contribution >= 4 is 27.5 Å². The lowest BCUT2D eigenvalue weighted by Gasteiger charge is -2.10. The number of aromatic carboxylic acids is 1. The molecule has 1 aromatic heterocycles. The van der Waals surface area contributed by atoms with Crippen molar-refractivity contribution in [3.63, 3.8) is 0 Å². The number of sulfone groups is 1. The van der Waals surface area contributed by atoms with Gasteiger partial charge in [-0.1, -0.05) is 0 Å². The number of hydrogen-bond acceptors (Lipinski definition) is 4. The van der Waals surface area contributed by atoms with Gasteiger partial charge in [0.1, 0.15) is 5.69 Å². The third-order valence-corrected chi connectivity index (χ3v) is 5.13. The van der Waals surface area contributed by atoms with Gasteiger partial charge in [0.05, 0.1) is 17.2 Å². The van der Waals surface area contributed by atoms with E-state index in [1.54, 1.807) is 6.92 Å². The van der Waals surface area contributed by atoms with Crippen LogP contribution >= 0.6 is 0 Å². The number of hydrogen-bond donors (Lipinski definition) is 4. The highest BCUT2D eigenvalue weighted by Crippen LogP contribution is 2.18. The van der Waals surface area contributed by atoms with Gasteiger partial charge >= 0.3 is 12.0 Å². The van der Waals surface area contributed by atoms with Gasteiger partial charge in [-0.25, -0.2) is 18.0 Å². The summed E-state index contributed by atoms with van der Waals surface area (Å²) in [5, 5.41) is 14.0.